The molecule has 1 rings (SSSR count). The lowest BCUT2D eigenvalue weighted by atomic mass is 10.1. The van der Waals surface area contributed by atoms with Crippen LogP contribution in [0.1, 0.15) is 19.3 Å². The lowest BCUT2D eigenvalue weighted by Crippen LogP contribution is -2.22. The van der Waals surface area contributed by atoms with Crippen molar-refractivity contribution in [2.75, 3.05) is 13.4 Å². The van der Waals surface area contributed by atoms with Gasteiger partial charge in [-0.2, -0.15) is 0 Å². The first-order valence-electron chi connectivity index (χ1n) is 6.03. The first kappa shape index (κ1) is 14.4. The van der Waals surface area contributed by atoms with E-state index in [4.69, 9.17) is 9.47 Å². The molecule has 0 bridgehead atoms. The van der Waals surface area contributed by atoms with Gasteiger partial charge in [0.15, 0.2) is 0 Å². The van der Waals surface area contributed by atoms with Crippen molar-refractivity contribution >= 4 is 24.0 Å². The van der Waals surface area contributed by atoms with Crippen molar-refractivity contribution in [2.24, 2.45) is 0 Å². The second-order valence-electron chi connectivity index (χ2n) is 5.55. The van der Waals surface area contributed by atoms with E-state index in [0.717, 1.165) is 19.4 Å². The van der Waals surface area contributed by atoms with Gasteiger partial charge in [0.25, 0.3) is 0 Å². The van der Waals surface area contributed by atoms with E-state index in [9.17, 15) is 0 Å². The van der Waals surface area contributed by atoms with E-state index in [1.165, 1.54) is 16.9 Å². The van der Waals surface area contributed by atoms with E-state index >= 15 is 0 Å². The Balaban J connectivity index is 2.05. The number of halogens is 1. The molecule has 0 aromatic rings. The zero-order valence-corrected chi connectivity index (χ0v) is 13.2. The van der Waals surface area contributed by atoms with Gasteiger partial charge < -0.3 is 9.47 Å². The molecule has 0 aromatic carbocycles. The highest BCUT2D eigenvalue weighted by Crippen LogP contribution is 2.24. The minimum atomic E-state index is -0.958. The summed E-state index contributed by atoms with van der Waals surface area (Å²) in [5.41, 5.74) is 0. The Kier molecular flexibility index (Phi) is 6.25. The molecule has 1 aliphatic rings. The molecule has 4 heteroatoms. The van der Waals surface area contributed by atoms with Crippen molar-refractivity contribution in [1.82, 2.24) is 0 Å². The van der Waals surface area contributed by atoms with Crippen molar-refractivity contribution in [3.05, 3.63) is 10.6 Å². The Morgan fingerprint density at radius 3 is 2.81 bits per heavy atom. The molecule has 1 aliphatic carbocycles. The summed E-state index contributed by atoms with van der Waals surface area (Å²) in [6, 6.07) is 1.21. The molecular weight excluding hydrogens is 284 g/mol. The summed E-state index contributed by atoms with van der Waals surface area (Å²) in [4.78, 5) is 0. The van der Waals surface area contributed by atoms with Crippen molar-refractivity contribution in [3.63, 3.8) is 0 Å². The molecule has 0 saturated carbocycles. The van der Waals surface area contributed by atoms with Gasteiger partial charge in [0.1, 0.15) is 6.79 Å². The van der Waals surface area contributed by atoms with E-state index in [-0.39, 0.29) is 6.10 Å². The molecule has 0 aromatic heterocycles. The predicted octanol–water partition coefficient (Wildman–Crippen LogP) is 4.15. The fourth-order valence-electron chi connectivity index (χ4n) is 1.54. The zero-order chi connectivity index (χ0) is 12.0. The quantitative estimate of drug-likeness (QED) is 0.417. The van der Waals surface area contributed by atoms with Gasteiger partial charge in [-0.1, -0.05) is 35.6 Å². The maximum Gasteiger partial charge on any atom is 0.147 e. The number of hydrogen-bond acceptors (Lipinski definition) is 2. The van der Waals surface area contributed by atoms with Crippen LogP contribution in [0.15, 0.2) is 10.6 Å². The second-order valence-corrected chi connectivity index (χ2v) is 12.2. The summed E-state index contributed by atoms with van der Waals surface area (Å²) < 4.78 is 12.4. The Labute approximate surface area is 109 Å². The molecule has 1 unspecified atom stereocenters. The minimum Gasteiger partial charge on any atom is -0.356 e. The molecular formula is C12H23BrO2Si. The largest absolute Gasteiger partial charge is 0.356 e. The first-order valence-corrected chi connectivity index (χ1v) is 10.5. The van der Waals surface area contributed by atoms with Crippen LogP contribution >= 0.6 is 15.9 Å². The summed E-state index contributed by atoms with van der Waals surface area (Å²) in [6.07, 6.45) is 5.88. The van der Waals surface area contributed by atoms with Gasteiger partial charge in [-0.3, -0.25) is 0 Å². The van der Waals surface area contributed by atoms with Crippen LogP contribution in [0.2, 0.25) is 25.7 Å². The number of ether oxygens (including phenoxy) is 2. The standard InChI is InChI=1S/C12H23BrO2Si/c1-16(2,3)8-7-14-10-15-12-6-4-5-11(13)9-12/h9,12H,4-8,10H2,1-3H3. The summed E-state index contributed by atoms with van der Waals surface area (Å²) in [7, 11) is -0.958. The number of rotatable bonds is 6. The highest BCUT2D eigenvalue weighted by atomic mass is 79.9. The zero-order valence-electron chi connectivity index (χ0n) is 10.6. The van der Waals surface area contributed by atoms with Gasteiger partial charge in [-0.25, -0.2) is 0 Å². The lowest BCUT2D eigenvalue weighted by molar-refractivity contribution is -0.0749. The Hall–Kier alpha value is 0.357. The van der Waals surface area contributed by atoms with E-state index < -0.39 is 8.07 Å². The molecule has 0 spiro atoms. The second kappa shape index (κ2) is 6.94. The van der Waals surface area contributed by atoms with E-state index in [1.807, 2.05) is 0 Å². The first-order chi connectivity index (χ1) is 7.47. The number of hydrogen-bond donors (Lipinski definition) is 0. The van der Waals surface area contributed by atoms with Crippen LogP contribution in [0.5, 0.6) is 0 Å². The Morgan fingerprint density at radius 1 is 1.44 bits per heavy atom. The molecule has 0 aliphatic heterocycles. The normalized spacial score (nSPS) is 22.0. The molecule has 0 heterocycles. The van der Waals surface area contributed by atoms with Crippen LogP contribution in [0, 0.1) is 0 Å². The monoisotopic (exact) mass is 306 g/mol. The van der Waals surface area contributed by atoms with E-state index in [1.54, 1.807) is 0 Å². The maximum absolute atomic E-state index is 5.65. The Bertz CT molecular complexity index is 236. The highest BCUT2D eigenvalue weighted by Gasteiger charge is 2.14. The van der Waals surface area contributed by atoms with Crippen LogP contribution < -0.4 is 0 Å². The molecule has 94 valence electrons. The molecule has 2 nitrogen and oxygen atoms in total. The molecule has 0 fully saturated rings. The summed E-state index contributed by atoms with van der Waals surface area (Å²) in [5, 5.41) is 0. The minimum absolute atomic E-state index is 0.245. The van der Waals surface area contributed by atoms with Crippen LogP contribution in [0.3, 0.4) is 0 Å². The van der Waals surface area contributed by atoms with Gasteiger partial charge in [-0.15, -0.1) is 0 Å². The molecule has 16 heavy (non-hydrogen) atoms. The topological polar surface area (TPSA) is 18.5 Å². The average molecular weight is 307 g/mol. The summed E-state index contributed by atoms with van der Waals surface area (Å²) in [5.74, 6) is 0. The third kappa shape index (κ3) is 6.84. The SMILES string of the molecule is C[Si](C)(C)CCOCOC1C=C(Br)CCC1. The van der Waals surface area contributed by atoms with E-state index in [0.29, 0.717) is 6.79 Å². The molecule has 1 atom stereocenters. The van der Waals surface area contributed by atoms with Gasteiger partial charge in [-0.05, 0) is 35.9 Å². The van der Waals surface area contributed by atoms with Crippen LogP contribution in [-0.2, 0) is 9.47 Å². The maximum atomic E-state index is 5.65. The third-order valence-electron chi connectivity index (χ3n) is 2.63. The summed E-state index contributed by atoms with van der Waals surface area (Å²) >= 11 is 3.52. The average Bonchev–Trinajstić information content (AvgIpc) is 2.15. The summed E-state index contributed by atoms with van der Waals surface area (Å²) in [6.45, 7) is 8.36. The van der Waals surface area contributed by atoms with Crippen LogP contribution in [-0.4, -0.2) is 27.6 Å². The van der Waals surface area contributed by atoms with Crippen molar-refractivity contribution in [2.45, 2.75) is 51.1 Å². The van der Waals surface area contributed by atoms with Gasteiger partial charge in [0.2, 0.25) is 0 Å². The molecule has 0 amide bonds. The van der Waals surface area contributed by atoms with Crippen LogP contribution in [0.25, 0.3) is 0 Å². The van der Waals surface area contributed by atoms with Gasteiger partial charge >= 0.3 is 0 Å². The fourth-order valence-corrected chi connectivity index (χ4v) is 2.88. The molecule has 0 radical (unpaired) electrons. The van der Waals surface area contributed by atoms with Crippen molar-refractivity contribution in [1.29, 1.82) is 0 Å². The number of allylic oxidation sites excluding steroid dienone is 1. The van der Waals surface area contributed by atoms with Crippen LogP contribution in [0.4, 0.5) is 0 Å². The Morgan fingerprint density at radius 2 is 2.19 bits per heavy atom. The smallest absolute Gasteiger partial charge is 0.147 e. The van der Waals surface area contributed by atoms with Crippen molar-refractivity contribution < 1.29 is 9.47 Å². The van der Waals surface area contributed by atoms with Gasteiger partial charge in [0, 0.05) is 14.7 Å². The predicted molar refractivity (Wildman–Crippen MR) is 74.7 cm³/mol. The van der Waals surface area contributed by atoms with E-state index in [2.05, 4.69) is 41.6 Å². The molecule has 0 saturated heterocycles. The molecule has 0 N–H and O–H groups in total. The van der Waals surface area contributed by atoms with Gasteiger partial charge in [0.05, 0.1) is 6.10 Å². The lowest BCUT2D eigenvalue weighted by Gasteiger charge is -2.20. The van der Waals surface area contributed by atoms with Crippen molar-refractivity contribution in [3.8, 4) is 0 Å². The third-order valence-corrected chi connectivity index (χ3v) is 5.00. The fraction of sp³-hybridized carbons (Fsp3) is 0.833. The highest BCUT2D eigenvalue weighted by molar-refractivity contribution is 9.11.